The summed E-state index contributed by atoms with van der Waals surface area (Å²) in [7, 11) is 0. The van der Waals surface area contributed by atoms with Crippen molar-refractivity contribution in [1.29, 1.82) is 0 Å². The average molecular weight is 398 g/mol. The van der Waals surface area contributed by atoms with Crippen LogP contribution in [0.25, 0.3) is 0 Å². The summed E-state index contributed by atoms with van der Waals surface area (Å²) in [4.78, 5) is 54.1. The monoisotopic (exact) mass is 398 g/mol. The highest BCUT2D eigenvalue weighted by molar-refractivity contribution is 5.94. The molecule has 1 rings (SSSR count). The number of H-pyrrole nitrogens is 1. The zero-order valence-corrected chi connectivity index (χ0v) is 15.8. The number of hydrogen-bond donors (Lipinski definition) is 7. The third-order valence-corrected chi connectivity index (χ3v) is 3.82. The van der Waals surface area contributed by atoms with Gasteiger partial charge < -0.3 is 36.9 Å². The van der Waals surface area contributed by atoms with Crippen LogP contribution in [0.3, 0.4) is 0 Å². The second kappa shape index (κ2) is 10.4. The summed E-state index contributed by atoms with van der Waals surface area (Å²) in [5.74, 6) is -3.49. The van der Waals surface area contributed by atoms with Crippen molar-refractivity contribution in [2.45, 2.75) is 57.5 Å². The number of aliphatic hydroxyl groups is 1. The fourth-order valence-corrected chi connectivity index (χ4v) is 2.17. The summed E-state index contributed by atoms with van der Waals surface area (Å²) in [6, 6.07) is -4.58. The van der Waals surface area contributed by atoms with E-state index in [4.69, 9.17) is 5.73 Å². The van der Waals surface area contributed by atoms with E-state index in [2.05, 4.69) is 25.9 Å². The van der Waals surface area contributed by atoms with Crippen molar-refractivity contribution in [3.05, 3.63) is 18.2 Å². The molecule has 0 spiro atoms. The third kappa shape index (κ3) is 6.96. The van der Waals surface area contributed by atoms with Crippen LogP contribution >= 0.6 is 0 Å². The van der Waals surface area contributed by atoms with Gasteiger partial charge in [-0.2, -0.15) is 0 Å². The molecule has 0 bridgehead atoms. The summed E-state index contributed by atoms with van der Waals surface area (Å²) < 4.78 is 0. The summed E-state index contributed by atoms with van der Waals surface area (Å²) >= 11 is 0. The van der Waals surface area contributed by atoms with Crippen LogP contribution in [0.5, 0.6) is 0 Å². The molecule has 12 heteroatoms. The SMILES string of the molecule is CC(N)C(=O)NC(C)C(=O)NC(C(=O)NC(Cc1cnc[nH]1)C(=O)O)C(C)O. The van der Waals surface area contributed by atoms with Crippen LogP contribution in [0.15, 0.2) is 12.5 Å². The predicted molar refractivity (Wildman–Crippen MR) is 96.7 cm³/mol. The Hall–Kier alpha value is -2.99. The van der Waals surface area contributed by atoms with Crippen molar-refractivity contribution in [3.8, 4) is 0 Å². The first-order valence-electron chi connectivity index (χ1n) is 8.57. The number of aromatic nitrogens is 2. The first-order valence-corrected chi connectivity index (χ1v) is 8.57. The number of carboxylic acid groups (broad SMARTS) is 1. The maximum atomic E-state index is 12.4. The van der Waals surface area contributed by atoms with Crippen LogP contribution in [0, 0.1) is 0 Å². The van der Waals surface area contributed by atoms with Gasteiger partial charge in [-0.25, -0.2) is 9.78 Å². The van der Waals surface area contributed by atoms with Crippen molar-refractivity contribution >= 4 is 23.7 Å². The van der Waals surface area contributed by atoms with E-state index < -0.39 is 54.0 Å². The van der Waals surface area contributed by atoms with Crippen LogP contribution < -0.4 is 21.7 Å². The molecule has 1 aromatic heterocycles. The van der Waals surface area contributed by atoms with Crippen LogP contribution in [0.1, 0.15) is 26.5 Å². The normalized spacial score (nSPS) is 16.2. The fourth-order valence-electron chi connectivity index (χ4n) is 2.17. The lowest BCUT2D eigenvalue weighted by atomic mass is 10.1. The largest absolute Gasteiger partial charge is 0.480 e. The van der Waals surface area contributed by atoms with Gasteiger partial charge in [0.2, 0.25) is 17.7 Å². The quantitative estimate of drug-likeness (QED) is 0.220. The Balaban J connectivity index is 2.77. The molecule has 0 radical (unpaired) electrons. The maximum Gasteiger partial charge on any atom is 0.326 e. The van der Waals surface area contributed by atoms with Crippen LogP contribution in [-0.4, -0.2) is 74.1 Å². The first-order chi connectivity index (χ1) is 13.0. The summed E-state index contributed by atoms with van der Waals surface area (Å²) in [5, 5.41) is 26.1. The number of rotatable bonds is 10. The Morgan fingerprint density at radius 2 is 1.75 bits per heavy atom. The number of aliphatic hydroxyl groups excluding tert-OH is 1. The molecular formula is C16H26N6O6. The molecular weight excluding hydrogens is 372 g/mol. The molecule has 28 heavy (non-hydrogen) atoms. The number of carbonyl (C=O) groups is 4. The Bertz CT molecular complexity index is 690. The van der Waals surface area contributed by atoms with Crippen LogP contribution in [-0.2, 0) is 25.6 Å². The van der Waals surface area contributed by atoms with Gasteiger partial charge in [0.05, 0.1) is 18.5 Å². The van der Waals surface area contributed by atoms with Gasteiger partial charge in [-0.3, -0.25) is 14.4 Å². The first kappa shape index (κ1) is 23.0. The number of carboxylic acids is 1. The molecule has 1 heterocycles. The highest BCUT2D eigenvalue weighted by Gasteiger charge is 2.31. The minimum Gasteiger partial charge on any atom is -0.480 e. The van der Waals surface area contributed by atoms with Gasteiger partial charge in [-0.1, -0.05) is 0 Å². The van der Waals surface area contributed by atoms with Gasteiger partial charge in [0.15, 0.2) is 0 Å². The van der Waals surface area contributed by atoms with E-state index in [1.165, 1.54) is 33.3 Å². The number of hydrogen-bond acceptors (Lipinski definition) is 7. The zero-order chi connectivity index (χ0) is 21.4. The molecule has 0 aliphatic heterocycles. The van der Waals surface area contributed by atoms with Gasteiger partial charge in [0, 0.05) is 18.3 Å². The lowest BCUT2D eigenvalue weighted by molar-refractivity contribution is -0.143. The number of imidazole rings is 1. The number of nitrogens with one attached hydrogen (secondary N) is 4. The molecule has 0 saturated heterocycles. The minimum absolute atomic E-state index is 0.0671. The molecule has 0 saturated carbocycles. The fraction of sp³-hybridized carbons (Fsp3) is 0.562. The number of nitrogens with zero attached hydrogens (tertiary/aromatic N) is 1. The van der Waals surface area contributed by atoms with E-state index in [0.717, 1.165) is 0 Å². The number of aromatic amines is 1. The van der Waals surface area contributed by atoms with Crippen molar-refractivity contribution < 1.29 is 29.4 Å². The average Bonchev–Trinajstić information content (AvgIpc) is 3.11. The van der Waals surface area contributed by atoms with Gasteiger partial charge in [-0.05, 0) is 20.8 Å². The van der Waals surface area contributed by atoms with E-state index in [9.17, 15) is 29.4 Å². The molecule has 1 aromatic rings. The van der Waals surface area contributed by atoms with Gasteiger partial charge in [-0.15, -0.1) is 0 Å². The molecule has 12 nitrogen and oxygen atoms in total. The van der Waals surface area contributed by atoms with Gasteiger partial charge in [0.1, 0.15) is 18.1 Å². The zero-order valence-electron chi connectivity index (χ0n) is 15.8. The van der Waals surface area contributed by atoms with E-state index in [1.54, 1.807) is 0 Å². The van der Waals surface area contributed by atoms with Crippen molar-refractivity contribution in [2.75, 3.05) is 0 Å². The van der Waals surface area contributed by atoms with Crippen LogP contribution in [0.4, 0.5) is 0 Å². The number of carbonyl (C=O) groups excluding carboxylic acids is 3. The Labute approximate surface area is 161 Å². The topological polar surface area (TPSA) is 200 Å². The molecule has 0 aliphatic rings. The van der Waals surface area contributed by atoms with Crippen molar-refractivity contribution in [3.63, 3.8) is 0 Å². The van der Waals surface area contributed by atoms with Gasteiger partial charge in [0.25, 0.3) is 0 Å². The number of aliphatic carboxylic acids is 1. The van der Waals surface area contributed by atoms with Crippen molar-refractivity contribution in [1.82, 2.24) is 25.9 Å². The maximum absolute atomic E-state index is 12.4. The standard InChI is InChI=1S/C16H26N6O6/c1-7(17)13(24)20-8(2)14(25)22-12(9(3)23)15(26)21-11(16(27)28)4-10-5-18-6-19-10/h5-9,11-12,23H,4,17H2,1-3H3,(H,18,19)(H,20,24)(H,21,26)(H,22,25)(H,27,28). The minimum atomic E-state index is -1.43. The molecule has 0 fully saturated rings. The summed E-state index contributed by atoms with van der Waals surface area (Å²) in [6.07, 6.45) is 1.40. The second-order valence-electron chi connectivity index (χ2n) is 6.43. The Kier molecular flexibility index (Phi) is 8.54. The third-order valence-electron chi connectivity index (χ3n) is 3.82. The van der Waals surface area contributed by atoms with E-state index in [-0.39, 0.29) is 6.42 Å². The summed E-state index contributed by atoms with van der Waals surface area (Å²) in [6.45, 7) is 4.09. The molecule has 0 aromatic carbocycles. The molecule has 3 amide bonds. The molecule has 5 atom stereocenters. The number of amides is 3. The highest BCUT2D eigenvalue weighted by atomic mass is 16.4. The molecule has 156 valence electrons. The lowest BCUT2D eigenvalue weighted by Gasteiger charge is -2.25. The second-order valence-corrected chi connectivity index (χ2v) is 6.43. The molecule has 8 N–H and O–H groups in total. The highest BCUT2D eigenvalue weighted by Crippen LogP contribution is 2.02. The van der Waals surface area contributed by atoms with E-state index in [0.29, 0.717) is 5.69 Å². The van der Waals surface area contributed by atoms with Gasteiger partial charge >= 0.3 is 5.97 Å². The number of nitrogens with two attached hydrogens (primary N) is 1. The lowest BCUT2D eigenvalue weighted by Crippen LogP contribution is -2.59. The van der Waals surface area contributed by atoms with E-state index in [1.807, 2.05) is 0 Å². The van der Waals surface area contributed by atoms with Crippen LogP contribution in [0.2, 0.25) is 0 Å². The Morgan fingerprint density at radius 1 is 1.11 bits per heavy atom. The smallest absolute Gasteiger partial charge is 0.326 e. The molecule has 0 aliphatic carbocycles. The van der Waals surface area contributed by atoms with Crippen molar-refractivity contribution in [2.24, 2.45) is 5.73 Å². The predicted octanol–water partition coefficient (Wildman–Crippen LogP) is -2.76. The van der Waals surface area contributed by atoms with E-state index >= 15 is 0 Å². The molecule has 5 unspecified atom stereocenters. The summed E-state index contributed by atoms with van der Waals surface area (Å²) in [5.41, 5.74) is 5.89. The Morgan fingerprint density at radius 3 is 2.21 bits per heavy atom.